The Morgan fingerprint density at radius 1 is 1.21 bits per heavy atom. The number of amides is 2. The minimum atomic E-state index is -0.0851. The Morgan fingerprint density at radius 3 is 2.69 bits per heavy atom. The fraction of sp³-hybridized carbons (Fsp3) is 0.652. The maximum Gasteiger partial charge on any atom is 0.242 e. The molecule has 0 spiro atoms. The molecule has 1 unspecified atom stereocenters. The van der Waals surface area contributed by atoms with E-state index in [0.29, 0.717) is 26.1 Å². The van der Waals surface area contributed by atoms with Crippen LogP contribution in [0.3, 0.4) is 0 Å². The normalized spacial score (nSPS) is 16.0. The van der Waals surface area contributed by atoms with Crippen LogP contribution in [-0.4, -0.2) is 54.0 Å². The largest absolute Gasteiger partial charge is 0.467 e. The van der Waals surface area contributed by atoms with Crippen molar-refractivity contribution in [2.24, 2.45) is 0 Å². The third-order valence-corrected chi connectivity index (χ3v) is 5.25. The van der Waals surface area contributed by atoms with Crippen molar-refractivity contribution in [3.63, 3.8) is 0 Å². The van der Waals surface area contributed by atoms with E-state index < -0.39 is 0 Å². The summed E-state index contributed by atoms with van der Waals surface area (Å²) in [5.41, 5.74) is 0. The number of ether oxygens (including phenoxy) is 1. The molecule has 1 aromatic heterocycles. The summed E-state index contributed by atoms with van der Waals surface area (Å²) in [4.78, 5) is 29.1. The SMILES string of the molecule is C=CCN(CC(=O)N(Cc1ccco1)CC1CCCO1)C(=O)CCCCCCC. The van der Waals surface area contributed by atoms with E-state index in [-0.39, 0.29) is 24.5 Å². The lowest BCUT2D eigenvalue weighted by Crippen LogP contribution is -2.45. The van der Waals surface area contributed by atoms with E-state index in [1.165, 1.54) is 12.8 Å². The fourth-order valence-corrected chi connectivity index (χ4v) is 3.59. The fourth-order valence-electron chi connectivity index (χ4n) is 3.59. The highest BCUT2D eigenvalue weighted by Crippen LogP contribution is 2.16. The van der Waals surface area contributed by atoms with Gasteiger partial charge >= 0.3 is 0 Å². The van der Waals surface area contributed by atoms with Crippen molar-refractivity contribution in [1.82, 2.24) is 9.80 Å². The molecule has 1 aliphatic heterocycles. The average Bonchev–Trinajstić information content (AvgIpc) is 3.41. The summed E-state index contributed by atoms with van der Waals surface area (Å²) >= 11 is 0. The molecule has 1 fully saturated rings. The van der Waals surface area contributed by atoms with Gasteiger partial charge in [0.15, 0.2) is 0 Å². The van der Waals surface area contributed by atoms with Gasteiger partial charge in [-0.2, -0.15) is 0 Å². The summed E-state index contributed by atoms with van der Waals surface area (Å²) in [7, 11) is 0. The van der Waals surface area contributed by atoms with Gasteiger partial charge in [0.25, 0.3) is 0 Å². The third kappa shape index (κ3) is 8.44. The molecule has 0 radical (unpaired) electrons. The Hall–Kier alpha value is -2.08. The van der Waals surface area contributed by atoms with Gasteiger partial charge in [0.05, 0.1) is 18.9 Å². The maximum atomic E-state index is 13.1. The Labute approximate surface area is 174 Å². The Balaban J connectivity index is 1.93. The van der Waals surface area contributed by atoms with E-state index in [0.717, 1.165) is 44.5 Å². The van der Waals surface area contributed by atoms with Gasteiger partial charge in [0, 0.05) is 26.1 Å². The zero-order chi connectivity index (χ0) is 20.9. The number of carbonyl (C=O) groups excluding carboxylic acids is 2. The summed E-state index contributed by atoms with van der Waals surface area (Å²) in [6.07, 6.45) is 11.3. The zero-order valence-electron chi connectivity index (χ0n) is 17.8. The first-order chi connectivity index (χ1) is 14.1. The minimum absolute atomic E-state index is 0.0183. The van der Waals surface area contributed by atoms with Crippen molar-refractivity contribution in [1.29, 1.82) is 0 Å². The third-order valence-electron chi connectivity index (χ3n) is 5.25. The molecule has 2 rings (SSSR count). The number of nitrogens with zero attached hydrogens (tertiary/aromatic N) is 2. The van der Waals surface area contributed by atoms with Crippen LogP contribution in [0.1, 0.15) is 64.1 Å². The standard InChI is InChI=1S/C23H36N2O4/c1-3-5-6-7-8-13-22(26)24(14-4-2)19-23(27)25(17-20-11-9-15-28-20)18-21-12-10-16-29-21/h4,9,11,15,21H,2-3,5-8,10,12-14,16-19H2,1H3. The van der Waals surface area contributed by atoms with Crippen LogP contribution in [0.2, 0.25) is 0 Å². The van der Waals surface area contributed by atoms with Gasteiger partial charge in [-0.1, -0.05) is 38.7 Å². The van der Waals surface area contributed by atoms with Gasteiger partial charge in [0.2, 0.25) is 11.8 Å². The predicted molar refractivity (Wildman–Crippen MR) is 113 cm³/mol. The molecule has 0 N–H and O–H groups in total. The first-order valence-corrected chi connectivity index (χ1v) is 10.9. The zero-order valence-corrected chi connectivity index (χ0v) is 17.8. The molecule has 2 heterocycles. The monoisotopic (exact) mass is 404 g/mol. The van der Waals surface area contributed by atoms with E-state index in [1.54, 1.807) is 22.1 Å². The van der Waals surface area contributed by atoms with Gasteiger partial charge < -0.3 is 19.0 Å². The second-order valence-corrected chi connectivity index (χ2v) is 7.72. The van der Waals surface area contributed by atoms with Gasteiger partial charge in [-0.3, -0.25) is 9.59 Å². The highest BCUT2D eigenvalue weighted by atomic mass is 16.5. The lowest BCUT2D eigenvalue weighted by atomic mass is 10.1. The van der Waals surface area contributed by atoms with Crippen LogP contribution in [0.4, 0.5) is 0 Å². The van der Waals surface area contributed by atoms with Gasteiger partial charge in [-0.05, 0) is 31.4 Å². The second kappa shape index (κ2) is 13.2. The van der Waals surface area contributed by atoms with E-state index >= 15 is 0 Å². The van der Waals surface area contributed by atoms with E-state index in [4.69, 9.17) is 9.15 Å². The van der Waals surface area contributed by atoms with E-state index in [1.807, 2.05) is 12.1 Å². The Morgan fingerprint density at radius 2 is 2.03 bits per heavy atom. The molecule has 0 saturated carbocycles. The molecule has 0 aromatic carbocycles. The molecule has 6 nitrogen and oxygen atoms in total. The summed E-state index contributed by atoms with van der Waals surface area (Å²) < 4.78 is 11.1. The molecule has 1 aromatic rings. The highest BCUT2D eigenvalue weighted by molar-refractivity contribution is 5.85. The first-order valence-electron chi connectivity index (χ1n) is 10.9. The van der Waals surface area contributed by atoms with Crippen LogP contribution in [0, 0.1) is 0 Å². The molecule has 0 aliphatic carbocycles. The molecule has 1 aliphatic rings. The van der Waals surface area contributed by atoms with Gasteiger partial charge in [-0.25, -0.2) is 0 Å². The van der Waals surface area contributed by atoms with Crippen LogP contribution in [0.15, 0.2) is 35.5 Å². The molecule has 6 heteroatoms. The molecule has 1 atom stereocenters. The molecular weight excluding hydrogens is 368 g/mol. The van der Waals surface area contributed by atoms with Crippen LogP contribution >= 0.6 is 0 Å². The van der Waals surface area contributed by atoms with Crippen molar-refractivity contribution >= 4 is 11.8 Å². The van der Waals surface area contributed by atoms with Crippen LogP contribution in [-0.2, 0) is 20.9 Å². The van der Waals surface area contributed by atoms with Crippen molar-refractivity contribution in [2.45, 2.75) is 70.9 Å². The average molecular weight is 405 g/mol. The molecule has 2 amide bonds. The second-order valence-electron chi connectivity index (χ2n) is 7.72. The highest BCUT2D eigenvalue weighted by Gasteiger charge is 2.25. The predicted octanol–water partition coefficient (Wildman–Crippen LogP) is 4.16. The van der Waals surface area contributed by atoms with Gasteiger partial charge in [-0.15, -0.1) is 6.58 Å². The van der Waals surface area contributed by atoms with E-state index in [9.17, 15) is 9.59 Å². The minimum Gasteiger partial charge on any atom is -0.467 e. The first kappa shape index (κ1) is 23.2. The van der Waals surface area contributed by atoms with Gasteiger partial charge in [0.1, 0.15) is 12.3 Å². The lowest BCUT2D eigenvalue weighted by molar-refractivity contribution is -0.141. The summed E-state index contributed by atoms with van der Waals surface area (Å²) in [6, 6.07) is 3.68. The molecule has 0 bridgehead atoms. The smallest absolute Gasteiger partial charge is 0.242 e. The molecule has 29 heavy (non-hydrogen) atoms. The maximum absolute atomic E-state index is 13.1. The van der Waals surface area contributed by atoms with Crippen molar-refractivity contribution in [3.05, 3.63) is 36.8 Å². The van der Waals surface area contributed by atoms with Crippen molar-refractivity contribution in [3.8, 4) is 0 Å². The van der Waals surface area contributed by atoms with Crippen LogP contribution < -0.4 is 0 Å². The molecule has 1 saturated heterocycles. The topological polar surface area (TPSA) is 63.0 Å². The Kier molecular flexibility index (Phi) is 10.6. The summed E-state index contributed by atoms with van der Waals surface area (Å²) in [6.45, 7) is 8.02. The van der Waals surface area contributed by atoms with E-state index in [2.05, 4.69) is 13.5 Å². The van der Waals surface area contributed by atoms with Crippen LogP contribution in [0.5, 0.6) is 0 Å². The number of unbranched alkanes of at least 4 members (excludes halogenated alkanes) is 4. The number of carbonyl (C=O) groups is 2. The summed E-state index contributed by atoms with van der Waals surface area (Å²) in [5, 5.41) is 0. The summed E-state index contributed by atoms with van der Waals surface area (Å²) in [5.74, 6) is 0.664. The lowest BCUT2D eigenvalue weighted by Gasteiger charge is -2.28. The van der Waals surface area contributed by atoms with Crippen molar-refractivity contribution in [2.75, 3.05) is 26.2 Å². The number of rotatable bonds is 14. The quantitative estimate of drug-likeness (QED) is 0.345. The van der Waals surface area contributed by atoms with Crippen molar-refractivity contribution < 1.29 is 18.7 Å². The number of furan rings is 1. The number of hydrogen-bond acceptors (Lipinski definition) is 4. The van der Waals surface area contributed by atoms with Crippen LogP contribution in [0.25, 0.3) is 0 Å². The molecular formula is C23H36N2O4. The number of hydrogen-bond donors (Lipinski definition) is 0. The molecule has 162 valence electrons. The Bertz CT molecular complexity index is 608.